The Morgan fingerprint density at radius 1 is 0.933 bits per heavy atom. The Morgan fingerprint density at radius 3 is 2.43 bits per heavy atom. The second kappa shape index (κ2) is 10.7. The van der Waals surface area contributed by atoms with Crippen LogP contribution >= 0.6 is 0 Å². The van der Waals surface area contributed by atoms with E-state index >= 15 is 0 Å². The molecule has 3 aromatic rings. The molecule has 158 valence electrons. The van der Waals surface area contributed by atoms with Crippen LogP contribution in [0.3, 0.4) is 0 Å². The first-order chi connectivity index (χ1) is 14.5. The number of hydrogen-bond donors (Lipinski definition) is 1. The van der Waals surface area contributed by atoms with E-state index in [2.05, 4.69) is 17.1 Å². The molecule has 0 aliphatic rings. The molecule has 1 N–H and O–H groups in total. The van der Waals surface area contributed by atoms with E-state index in [9.17, 15) is 13.6 Å². The van der Waals surface area contributed by atoms with Gasteiger partial charge in [0.1, 0.15) is 17.4 Å². The van der Waals surface area contributed by atoms with Gasteiger partial charge in [-0.3, -0.25) is 9.69 Å². The quantitative estimate of drug-likeness (QED) is 0.460. The molecule has 0 radical (unpaired) electrons. The molecule has 6 heteroatoms. The van der Waals surface area contributed by atoms with Crippen LogP contribution in [0.1, 0.15) is 47.2 Å². The summed E-state index contributed by atoms with van der Waals surface area (Å²) in [6, 6.07) is 16.2. The Balaban J connectivity index is 1.71. The van der Waals surface area contributed by atoms with Crippen molar-refractivity contribution in [2.24, 2.45) is 0 Å². The summed E-state index contributed by atoms with van der Waals surface area (Å²) >= 11 is 0. The Bertz CT molecular complexity index is 954. The first-order valence-corrected chi connectivity index (χ1v) is 10.1. The molecule has 3 rings (SSSR count). The molecule has 0 spiro atoms. The van der Waals surface area contributed by atoms with Crippen LogP contribution < -0.4 is 5.32 Å². The molecule has 1 amide bonds. The summed E-state index contributed by atoms with van der Waals surface area (Å²) < 4.78 is 32.6. The lowest BCUT2D eigenvalue weighted by molar-refractivity contribution is 0.0921. The first-order valence-electron chi connectivity index (χ1n) is 10.1. The van der Waals surface area contributed by atoms with Gasteiger partial charge >= 0.3 is 0 Å². The second-order valence-electron chi connectivity index (χ2n) is 7.28. The Morgan fingerprint density at radius 2 is 1.70 bits per heavy atom. The van der Waals surface area contributed by atoms with E-state index in [1.807, 2.05) is 6.07 Å². The van der Waals surface area contributed by atoms with Gasteiger partial charge in [-0.15, -0.1) is 0 Å². The Labute approximate surface area is 175 Å². The van der Waals surface area contributed by atoms with E-state index in [1.54, 1.807) is 30.3 Å². The fraction of sp³-hybridized carbons (Fsp3) is 0.292. The molecule has 0 fully saturated rings. The second-order valence-corrected chi connectivity index (χ2v) is 7.28. The van der Waals surface area contributed by atoms with Crippen molar-refractivity contribution in [3.05, 3.63) is 94.9 Å². The number of furan rings is 1. The number of amides is 1. The minimum absolute atomic E-state index is 0.232. The van der Waals surface area contributed by atoms with Gasteiger partial charge in [0.25, 0.3) is 5.91 Å². The van der Waals surface area contributed by atoms with Gasteiger partial charge in [0, 0.05) is 19.6 Å². The highest BCUT2D eigenvalue weighted by Crippen LogP contribution is 2.17. The fourth-order valence-corrected chi connectivity index (χ4v) is 3.18. The van der Waals surface area contributed by atoms with Gasteiger partial charge in [-0.2, -0.15) is 0 Å². The van der Waals surface area contributed by atoms with Crippen molar-refractivity contribution in [1.29, 1.82) is 0 Å². The van der Waals surface area contributed by atoms with Crippen molar-refractivity contribution in [2.75, 3.05) is 6.54 Å². The molecule has 2 aromatic carbocycles. The smallest absolute Gasteiger partial charge is 0.286 e. The van der Waals surface area contributed by atoms with Gasteiger partial charge in [0.2, 0.25) is 0 Å². The number of carbonyl (C=O) groups excluding carboxylic acids is 1. The van der Waals surface area contributed by atoms with E-state index in [1.165, 1.54) is 24.3 Å². The molecule has 0 aliphatic heterocycles. The van der Waals surface area contributed by atoms with Gasteiger partial charge in [-0.05, 0) is 53.9 Å². The zero-order valence-electron chi connectivity index (χ0n) is 17.0. The molecule has 0 saturated carbocycles. The van der Waals surface area contributed by atoms with Crippen molar-refractivity contribution in [2.45, 2.75) is 39.4 Å². The highest BCUT2D eigenvalue weighted by Gasteiger charge is 2.15. The van der Waals surface area contributed by atoms with E-state index in [0.29, 0.717) is 31.9 Å². The van der Waals surface area contributed by atoms with Crippen LogP contribution in [0, 0.1) is 11.6 Å². The maximum atomic E-state index is 13.6. The molecule has 1 aromatic heterocycles. The zero-order valence-corrected chi connectivity index (χ0v) is 17.0. The first kappa shape index (κ1) is 21.7. The van der Waals surface area contributed by atoms with Crippen LogP contribution in [0.2, 0.25) is 0 Å². The summed E-state index contributed by atoms with van der Waals surface area (Å²) in [5, 5.41) is 2.83. The van der Waals surface area contributed by atoms with Gasteiger partial charge in [0.15, 0.2) is 5.76 Å². The van der Waals surface area contributed by atoms with Gasteiger partial charge in [-0.25, -0.2) is 8.78 Å². The monoisotopic (exact) mass is 412 g/mol. The van der Waals surface area contributed by atoms with Crippen LogP contribution in [0.15, 0.2) is 65.1 Å². The van der Waals surface area contributed by atoms with Crippen molar-refractivity contribution in [3.63, 3.8) is 0 Å². The number of halogens is 2. The molecule has 4 nitrogen and oxygen atoms in total. The summed E-state index contributed by atoms with van der Waals surface area (Å²) in [6.07, 6.45) is 1.92. The van der Waals surface area contributed by atoms with Crippen LogP contribution in [0.5, 0.6) is 0 Å². The Kier molecular flexibility index (Phi) is 7.74. The minimum atomic E-state index is -0.293. The third kappa shape index (κ3) is 6.52. The molecule has 0 atom stereocenters. The van der Waals surface area contributed by atoms with E-state index in [0.717, 1.165) is 24.0 Å². The molecule has 0 saturated heterocycles. The fourth-order valence-electron chi connectivity index (χ4n) is 3.18. The van der Waals surface area contributed by atoms with Crippen molar-refractivity contribution >= 4 is 5.91 Å². The van der Waals surface area contributed by atoms with Crippen molar-refractivity contribution in [3.8, 4) is 0 Å². The summed E-state index contributed by atoms with van der Waals surface area (Å²) in [6.45, 7) is 4.10. The number of unbranched alkanes of at least 4 members (excludes halogenated alkanes) is 1. The topological polar surface area (TPSA) is 45.5 Å². The number of nitrogens with zero attached hydrogens (tertiary/aromatic N) is 1. The Hall–Kier alpha value is -2.99. The largest absolute Gasteiger partial charge is 0.455 e. The molecule has 0 bridgehead atoms. The van der Waals surface area contributed by atoms with Crippen LogP contribution in [0.25, 0.3) is 0 Å². The summed E-state index contributed by atoms with van der Waals surface area (Å²) in [4.78, 5) is 14.2. The zero-order chi connectivity index (χ0) is 21.3. The van der Waals surface area contributed by atoms with Crippen LogP contribution in [-0.4, -0.2) is 17.4 Å². The average molecular weight is 412 g/mol. The number of benzene rings is 2. The van der Waals surface area contributed by atoms with Crippen LogP contribution in [0.4, 0.5) is 8.78 Å². The lowest BCUT2D eigenvalue weighted by atomic mass is 10.1. The average Bonchev–Trinajstić information content (AvgIpc) is 3.18. The van der Waals surface area contributed by atoms with Crippen LogP contribution in [-0.2, 0) is 19.6 Å². The third-order valence-electron chi connectivity index (χ3n) is 4.70. The lowest BCUT2D eigenvalue weighted by Crippen LogP contribution is -2.24. The summed E-state index contributed by atoms with van der Waals surface area (Å²) in [5.74, 6) is 0.0890. The lowest BCUT2D eigenvalue weighted by Gasteiger charge is -2.21. The van der Waals surface area contributed by atoms with Gasteiger partial charge in [-0.1, -0.05) is 37.6 Å². The molecule has 0 aliphatic carbocycles. The van der Waals surface area contributed by atoms with Crippen molar-refractivity contribution < 1.29 is 18.0 Å². The highest BCUT2D eigenvalue weighted by atomic mass is 19.1. The summed E-state index contributed by atoms with van der Waals surface area (Å²) in [7, 11) is 0. The third-order valence-corrected chi connectivity index (χ3v) is 4.70. The minimum Gasteiger partial charge on any atom is -0.455 e. The predicted molar refractivity (Wildman–Crippen MR) is 112 cm³/mol. The molecule has 0 unspecified atom stereocenters. The maximum Gasteiger partial charge on any atom is 0.286 e. The number of carbonyl (C=O) groups is 1. The molecule has 30 heavy (non-hydrogen) atoms. The molecular formula is C24H26F2N2O2. The van der Waals surface area contributed by atoms with Gasteiger partial charge < -0.3 is 9.73 Å². The number of rotatable bonds is 10. The SMILES string of the molecule is CCCCNC(=O)c1ccc(CN(Cc2ccc(F)cc2)Cc2cccc(F)c2)o1. The molecular weight excluding hydrogens is 386 g/mol. The summed E-state index contributed by atoms with van der Waals surface area (Å²) in [5.41, 5.74) is 1.75. The van der Waals surface area contributed by atoms with E-state index < -0.39 is 0 Å². The standard InChI is InChI=1S/C24H26F2N2O2/c1-2-3-13-27-24(29)23-12-11-22(30-23)17-28(15-18-7-9-20(25)10-8-18)16-19-5-4-6-21(26)14-19/h4-12,14H,2-3,13,15-17H2,1H3,(H,27,29). The maximum absolute atomic E-state index is 13.6. The number of nitrogens with one attached hydrogen (secondary N) is 1. The van der Waals surface area contributed by atoms with E-state index in [4.69, 9.17) is 4.42 Å². The van der Waals surface area contributed by atoms with E-state index in [-0.39, 0.29) is 23.3 Å². The predicted octanol–water partition coefficient (Wildman–Crippen LogP) is 5.29. The van der Waals surface area contributed by atoms with Gasteiger partial charge in [0.05, 0.1) is 6.54 Å². The normalized spacial score (nSPS) is 11.1. The molecule has 1 heterocycles. The number of hydrogen-bond acceptors (Lipinski definition) is 3. The van der Waals surface area contributed by atoms with Crippen molar-refractivity contribution in [1.82, 2.24) is 10.2 Å². The highest BCUT2D eigenvalue weighted by molar-refractivity contribution is 5.91.